The quantitative estimate of drug-likeness (QED) is 0.449. The summed E-state index contributed by atoms with van der Waals surface area (Å²) in [4.78, 5) is 0. The lowest BCUT2D eigenvalue weighted by molar-refractivity contribution is -0.200. The van der Waals surface area contributed by atoms with Gasteiger partial charge in [0.15, 0.2) is 0 Å². The summed E-state index contributed by atoms with van der Waals surface area (Å²) < 4.78 is 0. The smallest absolute Gasteiger partial charge is 0.0594 e. The first-order chi connectivity index (χ1) is 14.8. The second-order valence-electron chi connectivity index (χ2n) is 15.0. The van der Waals surface area contributed by atoms with E-state index in [4.69, 9.17) is 0 Å². The van der Waals surface area contributed by atoms with E-state index in [2.05, 4.69) is 62.3 Å². The van der Waals surface area contributed by atoms with Crippen molar-refractivity contribution in [1.82, 2.24) is 0 Å². The Labute approximate surface area is 200 Å². The maximum atomic E-state index is 10.8. The van der Waals surface area contributed by atoms with E-state index in [0.717, 1.165) is 41.9 Å². The van der Waals surface area contributed by atoms with E-state index in [9.17, 15) is 5.11 Å². The highest BCUT2D eigenvalue weighted by Gasteiger charge is 2.67. The van der Waals surface area contributed by atoms with Crippen LogP contribution in [0.5, 0.6) is 0 Å². The number of hydrogen-bond acceptors (Lipinski definition) is 1. The molecular weight excluding hydrogens is 388 g/mol. The highest BCUT2D eigenvalue weighted by atomic mass is 16.3. The number of hydrogen-bond donors (Lipinski definition) is 1. The molecule has 4 aliphatic carbocycles. The van der Waals surface area contributed by atoms with Crippen molar-refractivity contribution in [2.75, 3.05) is 0 Å². The normalized spacial score (nSPS) is 49.8. The predicted octanol–water partition coefficient (Wildman–Crippen LogP) is 8.74. The zero-order valence-corrected chi connectivity index (χ0v) is 23.1. The fourth-order valence-corrected chi connectivity index (χ4v) is 10.5. The van der Waals surface area contributed by atoms with Crippen LogP contribution in [0.25, 0.3) is 0 Å². The van der Waals surface area contributed by atoms with Gasteiger partial charge in [-0.1, -0.05) is 75.2 Å². The topological polar surface area (TPSA) is 20.2 Å². The van der Waals surface area contributed by atoms with Crippen LogP contribution in [0.1, 0.15) is 127 Å². The Bertz CT molecular complexity index is 680. The first-order valence-electron chi connectivity index (χ1n) is 14.5. The lowest BCUT2D eigenvalue weighted by atomic mass is 9.38. The molecule has 0 aromatic carbocycles. The molecule has 186 valence electrons. The summed E-state index contributed by atoms with van der Waals surface area (Å²) in [6.07, 6.45) is 13.6. The maximum Gasteiger partial charge on any atom is 0.0594 e. The zero-order chi connectivity index (χ0) is 23.7. The van der Waals surface area contributed by atoms with Gasteiger partial charge in [-0.05, 0) is 114 Å². The number of aliphatic hydroxyl groups excluding tert-OH is 1. The molecule has 0 aromatic rings. The molecule has 0 heterocycles. The number of aliphatic hydroxyl groups is 1. The Morgan fingerprint density at radius 3 is 2.03 bits per heavy atom. The minimum Gasteiger partial charge on any atom is -0.393 e. The van der Waals surface area contributed by atoms with Gasteiger partial charge in [-0.3, -0.25) is 0 Å². The molecular formula is C31H56O. The van der Waals surface area contributed by atoms with Crippen LogP contribution >= 0.6 is 0 Å². The minimum absolute atomic E-state index is 0.0828. The van der Waals surface area contributed by atoms with Crippen LogP contribution in [0, 0.1) is 63.1 Å². The van der Waals surface area contributed by atoms with Gasteiger partial charge in [0, 0.05) is 0 Å². The number of fused-ring (bicyclic) bond motifs is 5. The minimum atomic E-state index is -0.105. The SMILES string of the molecule is CC(C)C(C)CCC(C)[C@H]1CC[C@]2(C)C3CCC4C(C)(C)[C@@H](O)CC[C@]4(C)C3CC[C@]12C. The largest absolute Gasteiger partial charge is 0.393 e. The maximum absolute atomic E-state index is 10.8. The summed E-state index contributed by atoms with van der Waals surface area (Å²) in [6.45, 7) is 22.7. The van der Waals surface area contributed by atoms with E-state index in [1.807, 2.05) is 0 Å². The highest BCUT2D eigenvalue weighted by molar-refractivity contribution is 5.16. The van der Waals surface area contributed by atoms with Gasteiger partial charge in [0.05, 0.1) is 6.10 Å². The zero-order valence-electron chi connectivity index (χ0n) is 23.1. The van der Waals surface area contributed by atoms with Gasteiger partial charge < -0.3 is 5.11 Å². The standard InChI is InChI=1S/C31H56O/c1-20(2)21(3)10-11-22(4)23-14-18-31(9)25-12-13-26-28(5,6)27(32)16-17-29(26,7)24(25)15-19-30(23,31)8/h20-27,32H,10-19H2,1-9H3/t21?,22?,23-,24?,25?,26?,27+,29-,30-,31-/m1/s1. The summed E-state index contributed by atoms with van der Waals surface area (Å²) in [5.74, 6) is 5.94. The van der Waals surface area contributed by atoms with Crippen LogP contribution in [0.2, 0.25) is 0 Å². The van der Waals surface area contributed by atoms with Gasteiger partial charge in [0.1, 0.15) is 0 Å². The molecule has 0 spiro atoms. The Kier molecular flexibility index (Phi) is 6.48. The van der Waals surface area contributed by atoms with E-state index in [1.54, 1.807) is 0 Å². The van der Waals surface area contributed by atoms with Crippen molar-refractivity contribution >= 4 is 0 Å². The molecule has 1 nitrogen and oxygen atoms in total. The summed E-state index contributed by atoms with van der Waals surface area (Å²) >= 11 is 0. The molecule has 4 rings (SSSR count). The van der Waals surface area contributed by atoms with Gasteiger partial charge in [-0.2, -0.15) is 0 Å². The molecule has 1 N–H and O–H groups in total. The third kappa shape index (κ3) is 3.48. The fraction of sp³-hybridized carbons (Fsp3) is 1.00. The molecule has 32 heavy (non-hydrogen) atoms. The fourth-order valence-electron chi connectivity index (χ4n) is 10.5. The molecule has 0 aromatic heterocycles. The van der Waals surface area contributed by atoms with E-state index in [0.29, 0.717) is 22.2 Å². The highest BCUT2D eigenvalue weighted by Crippen LogP contribution is 2.74. The molecule has 0 aliphatic heterocycles. The van der Waals surface area contributed by atoms with Crippen molar-refractivity contribution in [3.63, 3.8) is 0 Å². The Morgan fingerprint density at radius 2 is 1.38 bits per heavy atom. The lowest BCUT2D eigenvalue weighted by Crippen LogP contribution is -2.61. The van der Waals surface area contributed by atoms with E-state index in [-0.39, 0.29) is 11.5 Å². The third-order valence-electron chi connectivity index (χ3n) is 13.4. The monoisotopic (exact) mass is 444 g/mol. The van der Waals surface area contributed by atoms with Gasteiger partial charge in [0.25, 0.3) is 0 Å². The van der Waals surface area contributed by atoms with Crippen LogP contribution in [0.15, 0.2) is 0 Å². The van der Waals surface area contributed by atoms with E-state index < -0.39 is 0 Å². The number of rotatable bonds is 5. The van der Waals surface area contributed by atoms with Crippen molar-refractivity contribution in [2.24, 2.45) is 63.1 Å². The summed E-state index contributed by atoms with van der Waals surface area (Å²) in [7, 11) is 0. The van der Waals surface area contributed by atoms with Gasteiger partial charge >= 0.3 is 0 Å². The second-order valence-corrected chi connectivity index (χ2v) is 15.0. The summed E-state index contributed by atoms with van der Waals surface area (Å²) in [5.41, 5.74) is 1.57. The van der Waals surface area contributed by atoms with Gasteiger partial charge in [0.2, 0.25) is 0 Å². The summed E-state index contributed by atoms with van der Waals surface area (Å²) in [6, 6.07) is 0. The molecule has 4 aliphatic rings. The van der Waals surface area contributed by atoms with Crippen molar-refractivity contribution in [2.45, 2.75) is 133 Å². The molecule has 4 fully saturated rings. The summed E-state index contributed by atoms with van der Waals surface area (Å²) in [5, 5.41) is 10.8. The van der Waals surface area contributed by atoms with Crippen LogP contribution < -0.4 is 0 Å². The molecule has 10 atom stereocenters. The molecule has 5 unspecified atom stereocenters. The second kappa shape index (κ2) is 8.27. The van der Waals surface area contributed by atoms with Crippen molar-refractivity contribution in [1.29, 1.82) is 0 Å². The Hall–Kier alpha value is -0.0400. The van der Waals surface area contributed by atoms with Gasteiger partial charge in [-0.15, -0.1) is 0 Å². The Balaban J connectivity index is 1.55. The van der Waals surface area contributed by atoms with Crippen molar-refractivity contribution in [3.8, 4) is 0 Å². The average molecular weight is 445 g/mol. The van der Waals surface area contributed by atoms with Crippen LogP contribution in [0.3, 0.4) is 0 Å². The predicted molar refractivity (Wildman–Crippen MR) is 137 cm³/mol. The van der Waals surface area contributed by atoms with E-state index in [1.165, 1.54) is 57.8 Å². The van der Waals surface area contributed by atoms with Crippen LogP contribution in [-0.4, -0.2) is 11.2 Å². The average Bonchev–Trinajstić information content (AvgIpc) is 3.00. The van der Waals surface area contributed by atoms with Gasteiger partial charge in [-0.25, -0.2) is 0 Å². The molecule has 4 saturated carbocycles. The Morgan fingerprint density at radius 1 is 0.719 bits per heavy atom. The first-order valence-corrected chi connectivity index (χ1v) is 14.5. The van der Waals surface area contributed by atoms with Crippen molar-refractivity contribution < 1.29 is 5.11 Å². The molecule has 0 saturated heterocycles. The van der Waals surface area contributed by atoms with E-state index >= 15 is 0 Å². The van der Waals surface area contributed by atoms with Crippen molar-refractivity contribution in [3.05, 3.63) is 0 Å². The molecule has 0 amide bonds. The van der Waals surface area contributed by atoms with Crippen LogP contribution in [0.4, 0.5) is 0 Å². The first kappa shape index (κ1) is 25.1. The third-order valence-corrected chi connectivity index (χ3v) is 13.4. The van der Waals surface area contributed by atoms with Crippen LogP contribution in [-0.2, 0) is 0 Å². The lowest BCUT2D eigenvalue weighted by Gasteiger charge is -2.67. The molecule has 0 bridgehead atoms. The molecule has 0 radical (unpaired) electrons. The molecule has 1 heteroatoms.